The van der Waals surface area contributed by atoms with E-state index in [2.05, 4.69) is 146 Å². The zero-order valence-corrected chi connectivity index (χ0v) is 36.7. The molecule has 0 saturated heterocycles. The molecule has 0 radical (unpaired) electrons. The van der Waals surface area contributed by atoms with Gasteiger partial charge in [-0.25, -0.2) is 0 Å². The fourth-order valence-electron chi connectivity index (χ4n) is 6.02. The van der Waals surface area contributed by atoms with Gasteiger partial charge in [-0.1, -0.05) is 185 Å². The van der Waals surface area contributed by atoms with Gasteiger partial charge in [-0.2, -0.15) is 0 Å². The number of rotatable bonds is 14. The molecular weight excluding hydrogens is 677 g/mol. The molecule has 0 aliphatic carbocycles. The van der Waals surface area contributed by atoms with Crippen molar-refractivity contribution in [1.82, 2.24) is 0 Å². The van der Waals surface area contributed by atoms with Crippen LogP contribution in [0.1, 0.15) is 83.1 Å². The van der Waals surface area contributed by atoms with E-state index in [1.807, 2.05) is 125 Å². The van der Waals surface area contributed by atoms with E-state index < -0.39 is 0 Å². The summed E-state index contributed by atoms with van der Waals surface area (Å²) in [5, 5.41) is 6.88. The topological polar surface area (TPSA) is 6.48 Å². The molecule has 4 rings (SSSR count). The highest BCUT2D eigenvalue weighted by Gasteiger charge is 2.22. The number of allylic oxidation sites excluding steroid dienone is 16. The van der Waals surface area contributed by atoms with Crippen LogP contribution in [0.25, 0.3) is 32.3 Å². The van der Waals surface area contributed by atoms with Gasteiger partial charge in [-0.15, -0.1) is 0 Å². The molecule has 0 atom stereocenters. The van der Waals surface area contributed by atoms with Gasteiger partial charge >= 0.3 is 0 Å². The van der Waals surface area contributed by atoms with E-state index in [9.17, 15) is 0 Å². The van der Waals surface area contributed by atoms with Crippen LogP contribution >= 0.6 is 0 Å². The summed E-state index contributed by atoms with van der Waals surface area (Å²) >= 11 is 0. The number of benzene rings is 4. The van der Waals surface area contributed by atoms with Crippen LogP contribution in [0.3, 0.4) is 0 Å². The summed E-state index contributed by atoms with van der Waals surface area (Å²) in [6.45, 7) is 40.4. The van der Waals surface area contributed by atoms with Crippen molar-refractivity contribution < 1.29 is 0 Å². The second kappa shape index (κ2) is 29.5. The van der Waals surface area contributed by atoms with Crippen molar-refractivity contribution in [3.8, 4) is 0 Å². The number of anilines is 2. The Bertz CT molecular complexity index is 2090. The minimum absolute atomic E-state index is 0.952. The normalized spacial score (nSPS) is 12.0. The lowest BCUT2D eigenvalue weighted by molar-refractivity contribution is 1.14. The molecule has 0 fully saturated rings. The highest BCUT2D eigenvalue weighted by molar-refractivity contribution is 6.24. The molecule has 296 valence electrons. The fourth-order valence-corrected chi connectivity index (χ4v) is 6.02. The monoisotopic (exact) mass is 747 g/mol. The van der Waals surface area contributed by atoms with Crippen LogP contribution in [0, 0.1) is 0 Å². The quantitative estimate of drug-likeness (QED) is 0.0936. The lowest BCUT2D eigenvalue weighted by atomic mass is 9.93. The van der Waals surface area contributed by atoms with Gasteiger partial charge in [0, 0.05) is 33.6 Å². The molecule has 4 aromatic rings. The zero-order valence-electron chi connectivity index (χ0n) is 36.7. The second-order valence-corrected chi connectivity index (χ2v) is 10.9. The minimum Gasteiger partial charge on any atom is -0.310 e. The molecule has 0 amide bonds. The van der Waals surface area contributed by atoms with Crippen molar-refractivity contribution in [2.75, 3.05) is 9.80 Å². The summed E-state index contributed by atoms with van der Waals surface area (Å²) in [4.78, 5) is 4.56. The molecule has 0 heterocycles. The minimum atomic E-state index is 0.952. The summed E-state index contributed by atoms with van der Waals surface area (Å²) in [7, 11) is 0. The van der Waals surface area contributed by atoms with Crippen molar-refractivity contribution in [3.05, 3.63) is 207 Å². The largest absolute Gasteiger partial charge is 0.310 e. The van der Waals surface area contributed by atoms with Crippen LogP contribution in [0.5, 0.6) is 0 Å². The van der Waals surface area contributed by atoms with Gasteiger partial charge in [0.1, 0.15) is 0 Å². The van der Waals surface area contributed by atoms with Crippen LogP contribution in [-0.4, -0.2) is 0 Å². The maximum absolute atomic E-state index is 4.22. The smallest absolute Gasteiger partial charge is 0.0546 e. The van der Waals surface area contributed by atoms with E-state index in [0.29, 0.717) is 0 Å². The van der Waals surface area contributed by atoms with E-state index in [0.717, 1.165) is 66.5 Å². The van der Waals surface area contributed by atoms with Crippen LogP contribution in [0.15, 0.2) is 207 Å². The Hall–Kier alpha value is -5.86. The second-order valence-electron chi connectivity index (χ2n) is 10.9. The molecule has 0 N–H and O–H groups in total. The first-order valence-corrected chi connectivity index (χ1v) is 20.3. The maximum Gasteiger partial charge on any atom is 0.0546 e. The average Bonchev–Trinajstić information content (AvgIpc) is 3.26. The van der Waals surface area contributed by atoms with Gasteiger partial charge < -0.3 is 9.80 Å². The fraction of sp³-hybridized carbons (Fsp3) is 0.222. The summed E-state index contributed by atoms with van der Waals surface area (Å²) in [5.41, 5.74) is 6.08. The zero-order chi connectivity index (χ0) is 42.5. The average molecular weight is 747 g/mol. The Labute approximate surface area is 342 Å². The van der Waals surface area contributed by atoms with E-state index in [1.165, 1.54) is 0 Å². The van der Waals surface area contributed by atoms with E-state index >= 15 is 0 Å². The van der Waals surface area contributed by atoms with Crippen molar-refractivity contribution in [3.63, 3.8) is 0 Å². The molecule has 2 nitrogen and oxygen atoms in total. The SMILES string of the molecule is C=C/C=C\C(=C/C)N(C(/C=C\C)=C/C=C)c1cc2c3ccccc3c(N(/C(C=C)=C/C=C\C)C(/C=C\C)=C/C=C)cc2c2ccccc12.CC.CC.CC.CC. The predicted octanol–water partition coefficient (Wildman–Crippen LogP) is 17.4. The highest BCUT2D eigenvalue weighted by atomic mass is 15.2. The van der Waals surface area contributed by atoms with Crippen LogP contribution < -0.4 is 9.80 Å². The summed E-state index contributed by atoms with van der Waals surface area (Å²) in [6, 6.07) is 22.0. The van der Waals surface area contributed by atoms with Crippen LogP contribution in [-0.2, 0) is 0 Å². The van der Waals surface area contributed by atoms with Crippen molar-refractivity contribution >= 4 is 43.7 Å². The van der Waals surface area contributed by atoms with Crippen molar-refractivity contribution in [2.24, 2.45) is 0 Å². The third-order valence-electron chi connectivity index (χ3n) is 7.97. The maximum atomic E-state index is 4.22. The van der Waals surface area contributed by atoms with Gasteiger partial charge in [0.2, 0.25) is 0 Å². The summed E-state index contributed by atoms with van der Waals surface area (Å²) in [6.07, 6.45) is 32.2. The lowest BCUT2D eigenvalue weighted by Gasteiger charge is -2.31. The first-order valence-electron chi connectivity index (χ1n) is 20.3. The van der Waals surface area contributed by atoms with Crippen molar-refractivity contribution in [1.29, 1.82) is 0 Å². The van der Waals surface area contributed by atoms with E-state index in [4.69, 9.17) is 0 Å². The summed E-state index contributed by atoms with van der Waals surface area (Å²) in [5.74, 6) is 0. The molecule has 0 aliphatic heterocycles. The molecule has 0 bridgehead atoms. The molecule has 2 heteroatoms. The Morgan fingerprint density at radius 3 is 1.18 bits per heavy atom. The van der Waals surface area contributed by atoms with Crippen molar-refractivity contribution in [2.45, 2.75) is 83.1 Å². The molecule has 0 spiro atoms. The molecule has 56 heavy (non-hydrogen) atoms. The van der Waals surface area contributed by atoms with Gasteiger partial charge in [-0.3, -0.25) is 0 Å². The predicted molar refractivity (Wildman–Crippen MR) is 262 cm³/mol. The Morgan fingerprint density at radius 2 is 0.839 bits per heavy atom. The van der Waals surface area contributed by atoms with E-state index in [-0.39, 0.29) is 0 Å². The number of hydrogen-bond acceptors (Lipinski definition) is 2. The molecular formula is C54H70N2. The molecule has 0 saturated carbocycles. The molecule has 0 unspecified atom stereocenters. The third kappa shape index (κ3) is 12.6. The summed E-state index contributed by atoms with van der Waals surface area (Å²) < 4.78 is 0. The first kappa shape index (κ1) is 50.1. The number of hydrogen-bond donors (Lipinski definition) is 0. The van der Waals surface area contributed by atoms with E-state index in [1.54, 1.807) is 6.08 Å². The van der Waals surface area contributed by atoms with Gasteiger partial charge in [0.25, 0.3) is 0 Å². The molecule has 0 aromatic heterocycles. The van der Waals surface area contributed by atoms with Crippen LogP contribution in [0.4, 0.5) is 11.4 Å². The number of fused-ring (bicyclic) bond motifs is 5. The lowest BCUT2D eigenvalue weighted by Crippen LogP contribution is -2.21. The van der Waals surface area contributed by atoms with Gasteiger partial charge in [0.15, 0.2) is 0 Å². The van der Waals surface area contributed by atoms with Gasteiger partial charge in [-0.05, 0) is 104 Å². The standard InChI is InChI=1S/C46H46N2.4C2H6/c1-9-17-27-35(15-7)47(37(23-11-3)24-12-4)45-33-43-40-30-20-22-32-42(40)46(34-44(43)39-29-19-21-31-41(39)45)48(36(16-8)28-18-10-2)38(25-13-5)26-14-6;4*1-2/h9-34H,1,3,5,8H2,2,4,6-7H3;4*1-2H3/b18-10-,24-12-,26-14-,27-17-,35-15+,36-28+,37-23+,38-25+;;;;. The highest BCUT2D eigenvalue weighted by Crippen LogP contribution is 2.44. The Kier molecular flexibility index (Phi) is 26.4. The third-order valence-corrected chi connectivity index (χ3v) is 7.97. The van der Waals surface area contributed by atoms with Crippen LogP contribution in [0.2, 0.25) is 0 Å². The number of nitrogens with zero attached hydrogens (tertiary/aromatic N) is 2. The Balaban J connectivity index is 0.00000355. The first-order chi connectivity index (χ1) is 27.5. The Morgan fingerprint density at radius 1 is 0.429 bits per heavy atom. The molecule has 4 aromatic carbocycles. The van der Waals surface area contributed by atoms with Gasteiger partial charge in [0.05, 0.1) is 11.4 Å². The molecule has 0 aliphatic rings.